The van der Waals surface area contributed by atoms with Crippen LogP contribution in [0.4, 0.5) is 0 Å². The molecule has 1 aromatic carbocycles. The Morgan fingerprint density at radius 3 is 2.82 bits per heavy atom. The highest BCUT2D eigenvalue weighted by Crippen LogP contribution is 2.34. The molecule has 3 rings (SSSR count). The summed E-state index contributed by atoms with van der Waals surface area (Å²) in [6, 6.07) is 3.41. The predicted molar refractivity (Wildman–Crippen MR) is 69.2 cm³/mol. The van der Waals surface area contributed by atoms with E-state index in [1.54, 1.807) is 12.1 Å². The molecule has 0 amide bonds. The molecule has 2 aromatic rings. The highest BCUT2D eigenvalue weighted by atomic mass is 35.5. The van der Waals surface area contributed by atoms with Gasteiger partial charge in [0.1, 0.15) is 0 Å². The number of nitrogens with zero attached hydrogens (tertiary/aromatic N) is 1. The first-order chi connectivity index (χ1) is 8.20. The first-order valence-electron chi connectivity index (χ1n) is 5.46. The van der Waals surface area contributed by atoms with Crippen LogP contribution in [0.25, 0.3) is 10.9 Å². The third-order valence-corrected chi connectivity index (χ3v) is 3.71. The van der Waals surface area contributed by atoms with E-state index in [9.17, 15) is 4.79 Å². The third kappa shape index (κ3) is 1.63. The first-order valence-corrected chi connectivity index (χ1v) is 6.22. The van der Waals surface area contributed by atoms with Gasteiger partial charge in [0.15, 0.2) is 6.29 Å². The molecule has 17 heavy (non-hydrogen) atoms. The van der Waals surface area contributed by atoms with Crippen LogP contribution < -0.4 is 0 Å². The molecular formula is C13H9Cl2NO. The second kappa shape index (κ2) is 3.97. The Hall–Kier alpha value is -1.12. The van der Waals surface area contributed by atoms with Gasteiger partial charge in [-0.1, -0.05) is 23.2 Å². The Bertz CT molecular complexity index is 637. The van der Waals surface area contributed by atoms with Crippen LogP contribution >= 0.6 is 23.2 Å². The van der Waals surface area contributed by atoms with Crippen LogP contribution in [-0.4, -0.2) is 11.3 Å². The van der Waals surface area contributed by atoms with E-state index in [4.69, 9.17) is 23.2 Å². The van der Waals surface area contributed by atoms with Crippen LogP contribution in [0.3, 0.4) is 0 Å². The summed E-state index contributed by atoms with van der Waals surface area (Å²) in [5.74, 6) is 0. The van der Waals surface area contributed by atoms with E-state index in [1.807, 2.05) is 0 Å². The van der Waals surface area contributed by atoms with Crippen molar-refractivity contribution in [3.05, 3.63) is 39.0 Å². The van der Waals surface area contributed by atoms with Gasteiger partial charge in [0.05, 0.1) is 10.5 Å². The Labute approximate surface area is 109 Å². The lowest BCUT2D eigenvalue weighted by molar-refractivity contribution is 0.112. The standard InChI is InChI=1S/C13H9Cl2NO/c14-7-4-10(15)13-9(6-17)8-2-1-3-11(8)16-12(13)5-7/h4-6H,1-3H2. The zero-order chi connectivity index (χ0) is 12.0. The van der Waals surface area contributed by atoms with Crippen LogP contribution in [0.2, 0.25) is 10.0 Å². The molecule has 0 atom stereocenters. The molecule has 1 aromatic heterocycles. The summed E-state index contributed by atoms with van der Waals surface area (Å²) in [6.45, 7) is 0. The van der Waals surface area contributed by atoms with Gasteiger partial charge in [-0.3, -0.25) is 9.78 Å². The van der Waals surface area contributed by atoms with Gasteiger partial charge < -0.3 is 0 Å². The van der Waals surface area contributed by atoms with Crippen molar-refractivity contribution >= 4 is 40.4 Å². The predicted octanol–water partition coefficient (Wildman–Crippen LogP) is 3.84. The highest BCUT2D eigenvalue weighted by Gasteiger charge is 2.20. The number of hydrogen-bond acceptors (Lipinski definition) is 2. The minimum atomic E-state index is 0.497. The third-order valence-electron chi connectivity index (χ3n) is 3.19. The number of aldehydes is 1. The number of aromatic nitrogens is 1. The average molecular weight is 266 g/mol. The zero-order valence-corrected chi connectivity index (χ0v) is 10.5. The van der Waals surface area contributed by atoms with E-state index in [2.05, 4.69) is 4.98 Å². The zero-order valence-electron chi connectivity index (χ0n) is 8.96. The second-order valence-electron chi connectivity index (χ2n) is 4.20. The number of benzene rings is 1. The van der Waals surface area contributed by atoms with Crippen molar-refractivity contribution in [3.63, 3.8) is 0 Å². The summed E-state index contributed by atoms with van der Waals surface area (Å²) >= 11 is 12.1. The largest absolute Gasteiger partial charge is 0.298 e. The summed E-state index contributed by atoms with van der Waals surface area (Å²) in [7, 11) is 0. The lowest BCUT2D eigenvalue weighted by Gasteiger charge is -2.09. The molecule has 4 heteroatoms. The molecule has 0 saturated carbocycles. The summed E-state index contributed by atoms with van der Waals surface area (Å²) in [5.41, 5.74) is 3.46. The van der Waals surface area contributed by atoms with Crippen LogP contribution in [0.15, 0.2) is 12.1 Å². The number of pyridine rings is 1. The van der Waals surface area contributed by atoms with Crippen LogP contribution in [0, 0.1) is 0 Å². The quantitative estimate of drug-likeness (QED) is 0.734. The average Bonchev–Trinajstić information content (AvgIpc) is 2.73. The maximum absolute atomic E-state index is 11.3. The van der Waals surface area contributed by atoms with Crippen LogP contribution in [-0.2, 0) is 12.8 Å². The maximum atomic E-state index is 11.3. The molecule has 2 nitrogen and oxygen atoms in total. The molecule has 0 radical (unpaired) electrons. The molecule has 0 bridgehead atoms. The minimum absolute atomic E-state index is 0.497. The highest BCUT2D eigenvalue weighted by molar-refractivity contribution is 6.39. The Kier molecular flexibility index (Phi) is 2.57. The molecule has 86 valence electrons. The van der Waals surface area contributed by atoms with Gasteiger partial charge in [-0.05, 0) is 37.0 Å². The fourth-order valence-electron chi connectivity index (χ4n) is 2.48. The number of aryl methyl sites for hydroxylation is 1. The fourth-order valence-corrected chi connectivity index (χ4v) is 3.07. The molecule has 0 fully saturated rings. The Morgan fingerprint density at radius 2 is 2.06 bits per heavy atom. The monoisotopic (exact) mass is 265 g/mol. The van der Waals surface area contributed by atoms with E-state index in [0.29, 0.717) is 21.1 Å². The van der Waals surface area contributed by atoms with Gasteiger partial charge in [0, 0.05) is 21.7 Å². The van der Waals surface area contributed by atoms with Crippen molar-refractivity contribution in [1.82, 2.24) is 4.98 Å². The normalized spacial score (nSPS) is 14.0. The van der Waals surface area contributed by atoms with E-state index in [0.717, 1.165) is 42.2 Å². The Morgan fingerprint density at radius 1 is 1.24 bits per heavy atom. The van der Waals surface area contributed by atoms with Crippen LogP contribution in [0.1, 0.15) is 28.0 Å². The van der Waals surface area contributed by atoms with Gasteiger partial charge in [-0.25, -0.2) is 0 Å². The number of carbonyl (C=O) groups is 1. The molecule has 0 spiro atoms. The van der Waals surface area contributed by atoms with Gasteiger partial charge in [-0.15, -0.1) is 0 Å². The molecule has 1 aliphatic rings. The van der Waals surface area contributed by atoms with Gasteiger partial charge in [0.2, 0.25) is 0 Å². The van der Waals surface area contributed by atoms with Gasteiger partial charge >= 0.3 is 0 Å². The number of fused-ring (bicyclic) bond motifs is 2. The number of halogens is 2. The molecule has 0 aliphatic heterocycles. The lowest BCUT2D eigenvalue weighted by Crippen LogP contribution is -1.98. The lowest BCUT2D eigenvalue weighted by atomic mass is 10.0. The summed E-state index contributed by atoms with van der Waals surface area (Å²) in [4.78, 5) is 15.9. The van der Waals surface area contributed by atoms with Gasteiger partial charge in [0.25, 0.3) is 0 Å². The molecule has 1 aliphatic carbocycles. The van der Waals surface area contributed by atoms with E-state index in [1.165, 1.54) is 0 Å². The molecule has 0 unspecified atom stereocenters. The number of rotatable bonds is 1. The van der Waals surface area contributed by atoms with Crippen LogP contribution in [0.5, 0.6) is 0 Å². The number of hydrogen-bond donors (Lipinski definition) is 0. The summed E-state index contributed by atoms with van der Waals surface area (Å²) in [6.07, 6.45) is 3.76. The van der Waals surface area contributed by atoms with Crippen molar-refractivity contribution in [2.45, 2.75) is 19.3 Å². The molecule has 1 heterocycles. The van der Waals surface area contributed by atoms with Crippen molar-refractivity contribution in [2.24, 2.45) is 0 Å². The van der Waals surface area contributed by atoms with E-state index in [-0.39, 0.29) is 0 Å². The van der Waals surface area contributed by atoms with Crippen molar-refractivity contribution < 1.29 is 4.79 Å². The fraction of sp³-hybridized carbons (Fsp3) is 0.231. The van der Waals surface area contributed by atoms with Crippen molar-refractivity contribution in [1.29, 1.82) is 0 Å². The maximum Gasteiger partial charge on any atom is 0.151 e. The summed E-state index contributed by atoms with van der Waals surface area (Å²) in [5, 5.41) is 1.77. The smallest absolute Gasteiger partial charge is 0.151 e. The van der Waals surface area contributed by atoms with Crippen molar-refractivity contribution in [2.75, 3.05) is 0 Å². The second-order valence-corrected chi connectivity index (χ2v) is 5.05. The Balaban J connectivity index is 2.49. The topological polar surface area (TPSA) is 30.0 Å². The molecule has 0 N–H and O–H groups in total. The molecular weight excluding hydrogens is 257 g/mol. The first kappa shape index (κ1) is 11.0. The van der Waals surface area contributed by atoms with Gasteiger partial charge in [-0.2, -0.15) is 0 Å². The summed E-state index contributed by atoms with van der Waals surface area (Å²) < 4.78 is 0. The molecule has 0 saturated heterocycles. The SMILES string of the molecule is O=Cc1c2c(nc3cc(Cl)cc(Cl)c13)CCC2. The van der Waals surface area contributed by atoms with Crippen molar-refractivity contribution in [3.8, 4) is 0 Å². The van der Waals surface area contributed by atoms with E-state index >= 15 is 0 Å². The van der Waals surface area contributed by atoms with E-state index < -0.39 is 0 Å². The number of carbonyl (C=O) groups excluding carboxylic acids is 1. The minimum Gasteiger partial charge on any atom is -0.298 e.